The minimum absolute atomic E-state index is 0.105. The molecular formula is C10H13N5O3. The van der Waals surface area contributed by atoms with Crippen LogP contribution in [0.5, 0.6) is 0 Å². The predicted octanol–water partition coefficient (Wildman–Crippen LogP) is -0.263. The predicted molar refractivity (Wildman–Crippen MR) is 59.4 cm³/mol. The summed E-state index contributed by atoms with van der Waals surface area (Å²) in [5.41, 5.74) is -0.212. The molecule has 0 bridgehead atoms. The molecule has 1 rings (SSSR count). The Labute approximate surface area is 103 Å². The number of likely N-dealkylation sites (N-methyl/N-ethyl adjacent to an activating group) is 1. The van der Waals surface area contributed by atoms with Crippen LogP contribution in [0.2, 0.25) is 0 Å². The van der Waals surface area contributed by atoms with Crippen molar-refractivity contribution in [3.8, 4) is 6.07 Å². The van der Waals surface area contributed by atoms with Crippen LogP contribution in [0, 0.1) is 11.3 Å². The summed E-state index contributed by atoms with van der Waals surface area (Å²) < 4.78 is 1.15. The lowest BCUT2D eigenvalue weighted by Gasteiger charge is -2.22. The Bertz CT molecular complexity index is 490. The van der Waals surface area contributed by atoms with E-state index in [2.05, 4.69) is 10.3 Å². The molecule has 1 heterocycles. The number of carbonyl (C=O) groups excluding carboxylic acids is 1. The zero-order chi connectivity index (χ0) is 13.7. The van der Waals surface area contributed by atoms with E-state index in [0.717, 1.165) is 4.68 Å². The summed E-state index contributed by atoms with van der Waals surface area (Å²) in [4.78, 5) is 23.8. The number of aromatic nitrogens is 3. The Morgan fingerprint density at radius 1 is 1.67 bits per heavy atom. The molecule has 8 heteroatoms. The second-order valence-corrected chi connectivity index (χ2v) is 3.82. The number of amides is 1. The van der Waals surface area contributed by atoms with Crippen molar-refractivity contribution in [3.05, 3.63) is 11.9 Å². The van der Waals surface area contributed by atoms with Crippen molar-refractivity contribution >= 4 is 11.9 Å². The molecule has 1 unspecified atom stereocenters. The molecule has 1 atom stereocenters. The summed E-state index contributed by atoms with van der Waals surface area (Å²) in [5, 5.41) is 24.1. The molecule has 0 fully saturated rings. The second kappa shape index (κ2) is 5.77. The van der Waals surface area contributed by atoms with Crippen molar-refractivity contribution in [1.29, 1.82) is 5.26 Å². The normalized spacial score (nSPS) is 11.6. The van der Waals surface area contributed by atoms with Gasteiger partial charge in [0.25, 0.3) is 0 Å². The minimum Gasteiger partial charge on any atom is -0.476 e. The average Bonchev–Trinajstić information content (AvgIpc) is 2.77. The molecule has 8 nitrogen and oxygen atoms in total. The highest BCUT2D eigenvalue weighted by molar-refractivity contribution is 5.84. The maximum absolute atomic E-state index is 11.8. The lowest BCUT2D eigenvalue weighted by atomic mass is 10.2. The molecule has 0 saturated heterocycles. The Kier molecular flexibility index (Phi) is 4.37. The van der Waals surface area contributed by atoms with Crippen LogP contribution in [0.4, 0.5) is 0 Å². The van der Waals surface area contributed by atoms with Gasteiger partial charge in [0.05, 0.1) is 18.7 Å². The number of aromatic carboxylic acids is 1. The fourth-order valence-corrected chi connectivity index (χ4v) is 1.24. The zero-order valence-corrected chi connectivity index (χ0v) is 10.1. The lowest BCUT2D eigenvalue weighted by Crippen LogP contribution is -2.37. The van der Waals surface area contributed by atoms with E-state index in [0.29, 0.717) is 0 Å². The molecule has 1 N–H and O–H groups in total. The number of carboxylic acid groups (broad SMARTS) is 1. The van der Waals surface area contributed by atoms with Gasteiger partial charge in [-0.3, -0.25) is 4.79 Å². The van der Waals surface area contributed by atoms with Gasteiger partial charge in [0.1, 0.15) is 6.54 Å². The monoisotopic (exact) mass is 251 g/mol. The highest BCUT2D eigenvalue weighted by Crippen LogP contribution is 2.02. The van der Waals surface area contributed by atoms with Gasteiger partial charge >= 0.3 is 5.97 Å². The Hall–Kier alpha value is -2.43. The summed E-state index contributed by atoms with van der Waals surface area (Å²) in [7, 11) is 1.58. The van der Waals surface area contributed by atoms with Crippen molar-refractivity contribution in [2.45, 2.75) is 25.9 Å². The third-order valence-electron chi connectivity index (χ3n) is 2.50. The molecule has 0 aromatic carbocycles. The highest BCUT2D eigenvalue weighted by atomic mass is 16.4. The first kappa shape index (κ1) is 13.6. The first-order chi connectivity index (χ1) is 8.45. The fourth-order valence-electron chi connectivity index (χ4n) is 1.24. The number of hydrogen-bond donors (Lipinski definition) is 1. The zero-order valence-electron chi connectivity index (χ0n) is 10.1. The van der Waals surface area contributed by atoms with E-state index < -0.39 is 5.97 Å². The third kappa shape index (κ3) is 3.28. The summed E-state index contributed by atoms with van der Waals surface area (Å²) in [5.74, 6) is -1.46. The van der Waals surface area contributed by atoms with E-state index in [1.165, 1.54) is 11.1 Å². The van der Waals surface area contributed by atoms with Gasteiger partial charge < -0.3 is 10.0 Å². The highest BCUT2D eigenvalue weighted by Gasteiger charge is 2.17. The Morgan fingerprint density at radius 3 is 2.83 bits per heavy atom. The minimum atomic E-state index is -1.19. The quantitative estimate of drug-likeness (QED) is 0.771. The van der Waals surface area contributed by atoms with Gasteiger partial charge in [-0.15, -0.1) is 5.10 Å². The van der Waals surface area contributed by atoms with Gasteiger partial charge in [-0.1, -0.05) is 5.21 Å². The van der Waals surface area contributed by atoms with Gasteiger partial charge in [-0.25, -0.2) is 9.48 Å². The van der Waals surface area contributed by atoms with E-state index in [-0.39, 0.29) is 30.6 Å². The molecule has 1 aromatic rings. The first-order valence-electron chi connectivity index (χ1n) is 5.21. The average molecular weight is 251 g/mol. The Balaban J connectivity index is 2.64. The van der Waals surface area contributed by atoms with Crippen LogP contribution in [0.1, 0.15) is 23.8 Å². The first-order valence-corrected chi connectivity index (χ1v) is 5.21. The van der Waals surface area contributed by atoms with Crippen molar-refractivity contribution in [2.75, 3.05) is 7.05 Å². The topological polar surface area (TPSA) is 112 Å². The van der Waals surface area contributed by atoms with E-state index >= 15 is 0 Å². The fraction of sp³-hybridized carbons (Fsp3) is 0.500. The molecule has 1 aromatic heterocycles. The van der Waals surface area contributed by atoms with Crippen molar-refractivity contribution in [1.82, 2.24) is 19.9 Å². The molecule has 0 aliphatic rings. The molecule has 0 spiro atoms. The van der Waals surface area contributed by atoms with E-state index in [1.54, 1.807) is 14.0 Å². The lowest BCUT2D eigenvalue weighted by molar-refractivity contribution is -0.132. The smallest absolute Gasteiger partial charge is 0.358 e. The molecule has 18 heavy (non-hydrogen) atoms. The molecule has 1 amide bonds. The van der Waals surface area contributed by atoms with Gasteiger partial charge in [0.15, 0.2) is 5.69 Å². The number of nitrogens with zero attached hydrogens (tertiary/aromatic N) is 5. The number of carbonyl (C=O) groups is 2. The second-order valence-electron chi connectivity index (χ2n) is 3.82. The van der Waals surface area contributed by atoms with Crippen LogP contribution in [-0.2, 0) is 11.3 Å². The molecule has 0 radical (unpaired) electrons. The third-order valence-corrected chi connectivity index (χ3v) is 2.50. The molecular weight excluding hydrogens is 238 g/mol. The van der Waals surface area contributed by atoms with Crippen LogP contribution in [0.15, 0.2) is 6.20 Å². The maximum Gasteiger partial charge on any atom is 0.358 e. The van der Waals surface area contributed by atoms with Crippen LogP contribution in [0.25, 0.3) is 0 Å². The molecule has 96 valence electrons. The van der Waals surface area contributed by atoms with Gasteiger partial charge in [0.2, 0.25) is 5.91 Å². The summed E-state index contributed by atoms with van der Waals surface area (Å²) in [6, 6.07) is 1.78. The van der Waals surface area contributed by atoms with Crippen molar-refractivity contribution in [2.24, 2.45) is 0 Å². The largest absolute Gasteiger partial charge is 0.476 e. The Morgan fingerprint density at radius 2 is 2.33 bits per heavy atom. The number of nitriles is 1. The number of carboxylic acids is 1. The summed E-state index contributed by atoms with van der Waals surface area (Å²) >= 11 is 0. The number of hydrogen-bond acceptors (Lipinski definition) is 5. The number of rotatable bonds is 5. The van der Waals surface area contributed by atoms with Gasteiger partial charge in [0, 0.05) is 13.1 Å². The summed E-state index contributed by atoms with van der Waals surface area (Å²) in [6.07, 6.45) is 1.42. The molecule has 0 aliphatic heterocycles. The van der Waals surface area contributed by atoms with Gasteiger partial charge in [-0.2, -0.15) is 5.26 Å². The summed E-state index contributed by atoms with van der Waals surface area (Å²) in [6.45, 7) is 1.65. The maximum atomic E-state index is 11.8. The van der Waals surface area contributed by atoms with E-state index in [4.69, 9.17) is 10.4 Å². The van der Waals surface area contributed by atoms with Crippen molar-refractivity contribution < 1.29 is 14.7 Å². The van der Waals surface area contributed by atoms with Crippen LogP contribution >= 0.6 is 0 Å². The standard InChI is InChI=1S/C10H13N5O3/c1-7(3-4-11)14(2)9(16)6-15-5-8(10(17)18)12-13-15/h5,7H,3,6H2,1-2H3,(H,17,18). The molecule has 0 saturated carbocycles. The van der Waals surface area contributed by atoms with Crippen LogP contribution < -0.4 is 0 Å². The molecule has 0 aliphatic carbocycles. The SMILES string of the molecule is CC(CC#N)N(C)C(=O)Cn1cc(C(=O)O)nn1. The van der Waals surface area contributed by atoms with Crippen LogP contribution in [0.3, 0.4) is 0 Å². The van der Waals surface area contributed by atoms with E-state index in [1.807, 2.05) is 6.07 Å². The van der Waals surface area contributed by atoms with Gasteiger partial charge in [-0.05, 0) is 6.92 Å². The van der Waals surface area contributed by atoms with Crippen LogP contribution in [-0.4, -0.2) is 50.0 Å². The van der Waals surface area contributed by atoms with E-state index in [9.17, 15) is 9.59 Å². The van der Waals surface area contributed by atoms with Crippen molar-refractivity contribution in [3.63, 3.8) is 0 Å².